The van der Waals surface area contributed by atoms with Gasteiger partial charge >= 0.3 is 0 Å². The van der Waals surface area contributed by atoms with Crippen molar-refractivity contribution in [2.45, 2.75) is 0 Å². The molecule has 0 atom stereocenters. The van der Waals surface area contributed by atoms with Gasteiger partial charge in [0.15, 0.2) is 0 Å². The number of aryl methyl sites for hydroxylation is 1. The first-order chi connectivity index (χ1) is 2.89. The van der Waals surface area contributed by atoms with Gasteiger partial charge in [0.25, 0.3) is 0 Å². The molecular weight excluding hydrogens is 169 g/mol. The Morgan fingerprint density at radius 1 is 1.57 bits per heavy atom. The van der Waals surface area contributed by atoms with E-state index in [9.17, 15) is 0 Å². The quantitative estimate of drug-likeness (QED) is 0.472. The molecule has 0 aliphatic carbocycles. The van der Waals surface area contributed by atoms with Crippen molar-refractivity contribution in [2.75, 3.05) is 0 Å². The number of aromatic nitrogens is 4. The Morgan fingerprint density at radius 2 is 2.29 bits per heavy atom. The Morgan fingerprint density at radius 3 is 2.43 bits per heavy atom. The number of hydrogen-bond acceptors (Lipinski definition) is 3. The molecule has 5 heteroatoms. The van der Waals surface area contributed by atoms with Crippen LogP contribution < -0.4 is 0 Å². The molecule has 1 aromatic heterocycles. The molecule has 7 heavy (non-hydrogen) atoms. The minimum atomic E-state index is 0. The van der Waals surface area contributed by atoms with E-state index in [-0.39, 0.29) is 32.7 Å². The zero-order valence-corrected chi connectivity index (χ0v) is 6.70. The Kier molecular flexibility index (Phi) is 3.29. The fourth-order valence-corrected chi connectivity index (χ4v) is 0.189. The summed E-state index contributed by atoms with van der Waals surface area (Å²) < 4.78 is 0. The van der Waals surface area contributed by atoms with E-state index < -0.39 is 0 Å². The summed E-state index contributed by atoms with van der Waals surface area (Å²) in [5.74, 6) is 0. The van der Waals surface area contributed by atoms with Crippen LogP contribution in [0, 0.1) is 6.33 Å². The van der Waals surface area contributed by atoms with Crippen LogP contribution in [0.3, 0.4) is 0 Å². The minimum Gasteiger partial charge on any atom is -0.355 e. The zero-order chi connectivity index (χ0) is 4.41. The molecule has 0 saturated carbocycles. The summed E-state index contributed by atoms with van der Waals surface area (Å²) in [7, 11) is 1.68. The SMILES string of the molecule is Cn1n[c-]nn1.[Y]. The molecular formula is C2H3N4Y-. The molecule has 1 radical (unpaired) electrons. The zero-order valence-electron chi connectivity index (χ0n) is 3.87. The predicted octanol–water partition coefficient (Wildman–Crippen LogP) is -0.992. The summed E-state index contributed by atoms with van der Waals surface area (Å²) in [6.07, 6.45) is 2.28. The summed E-state index contributed by atoms with van der Waals surface area (Å²) in [5, 5.41) is 10.2. The van der Waals surface area contributed by atoms with Crippen molar-refractivity contribution in [3.05, 3.63) is 6.33 Å². The van der Waals surface area contributed by atoms with E-state index in [1.165, 1.54) is 4.80 Å². The van der Waals surface area contributed by atoms with Gasteiger partial charge < -0.3 is 10.2 Å². The molecule has 0 amide bonds. The van der Waals surface area contributed by atoms with E-state index in [4.69, 9.17) is 0 Å². The fourth-order valence-electron chi connectivity index (χ4n) is 0.189. The van der Waals surface area contributed by atoms with Crippen LogP contribution in [-0.4, -0.2) is 20.2 Å². The van der Waals surface area contributed by atoms with Crippen molar-refractivity contribution in [1.29, 1.82) is 0 Å². The number of rotatable bonds is 0. The van der Waals surface area contributed by atoms with Crippen molar-refractivity contribution < 1.29 is 32.7 Å². The Labute approximate surface area is 66.2 Å². The molecule has 1 rings (SSSR count). The molecule has 0 aromatic carbocycles. The molecule has 0 aliphatic rings. The molecule has 0 bridgehead atoms. The van der Waals surface area contributed by atoms with Crippen LogP contribution in [0.4, 0.5) is 0 Å². The number of tetrazole rings is 1. The predicted molar refractivity (Wildman–Crippen MR) is 17.6 cm³/mol. The summed E-state index contributed by atoms with van der Waals surface area (Å²) in [6.45, 7) is 0. The molecule has 0 fully saturated rings. The summed E-state index contributed by atoms with van der Waals surface area (Å²) >= 11 is 0. The molecule has 1 aromatic rings. The molecule has 0 saturated heterocycles. The van der Waals surface area contributed by atoms with Crippen LogP contribution >= 0.6 is 0 Å². The van der Waals surface area contributed by atoms with E-state index >= 15 is 0 Å². The number of hydrogen-bond donors (Lipinski definition) is 0. The molecule has 35 valence electrons. The van der Waals surface area contributed by atoms with E-state index in [1.54, 1.807) is 7.05 Å². The molecule has 0 unspecified atom stereocenters. The van der Waals surface area contributed by atoms with Gasteiger partial charge in [0.05, 0.1) is 0 Å². The Hall–Kier alpha value is 0.174. The third kappa shape index (κ3) is 2.09. The third-order valence-electron chi connectivity index (χ3n) is 0.408. The van der Waals surface area contributed by atoms with E-state index in [0.717, 1.165) is 0 Å². The first-order valence-electron chi connectivity index (χ1n) is 1.49. The smallest absolute Gasteiger partial charge is 0.0480 e. The van der Waals surface area contributed by atoms with E-state index in [1.807, 2.05) is 0 Å². The van der Waals surface area contributed by atoms with Crippen molar-refractivity contribution in [3.63, 3.8) is 0 Å². The molecule has 0 aliphatic heterocycles. The summed E-state index contributed by atoms with van der Waals surface area (Å²) in [6, 6.07) is 0. The van der Waals surface area contributed by atoms with Crippen LogP contribution in [0.2, 0.25) is 0 Å². The van der Waals surface area contributed by atoms with Crippen molar-refractivity contribution in [3.8, 4) is 0 Å². The van der Waals surface area contributed by atoms with E-state index in [0.29, 0.717) is 0 Å². The van der Waals surface area contributed by atoms with Crippen molar-refractivity contribution >= 4 is 0 Å². The van der Waals surface area contributed by atoms with Crippen LogP contribution in [0.5, 0.6) is 0 Å². The van der Waals surface area contributed by atoms with Gasteiger partial charge in [0, 0.05) is 39.8 Å². The van der Waals surface area contributed by atoms with Gasteiger partial charge in [-0.1, -0.05) is 5.21 Å². The second-order valence-corrected chi connectivity index (χ2v) is 0.879. The normalized spacial score (nSPS) is 7.57. The standard InChI is InChI=1S/C2H3N4.Y/c1-6-4-2-3-5-6;/h1H3;/q-1;. The average Bonchev–Trinajstić information content (AvgIpc) is 1.86. The Balaban J connectivity index is 0.000000360. The average molecular weight is 172 g/mol. The van der Waals surface area contributed by atoms with Gasteiger partial charge in [-0.25, -0.2) is 11.1 Å². The van der Waals surface area contributed by atoms with Crippen molar-refractivity contribution in [2.24, 2.45) is 7.05 Å². The first-order valence-corrected chi connectivity index (χ1v) is 1.49. The summed E-state index contributed by atoms with van der Waals surface area (Å²) in [4.78, 5) is 1.33. The van der Waals surface area contributed by atoms with E-state index in [2.05, 4.69) is 21.7 Å². The maximum atomic E-state index is 3.49. The second kappa shape index (κ2) is 3.21. The molecule has 1 heterocycles. The van der Waals surface area contributed by atoms with Crippen LogP contribution in [0.15, 0.2) is 0 Å². The van der Waals surface area contributed by atoms with Crippen molar-refractivity contribution in [1.82, 2.24) is 20.2 Å². The van der Waals surface area contributed by atoms with Gasteiger partial charge in [-0.2, -0.15) is 0 Å². The maximum absolute atomic E-state index is 3.49. The largest absolute Gasteiger partial charge is 0.355 e. The molecule has 0 spiro atoms. The first kappa shape index (κ1) is 7.17. The van der Waals surface area contributed by atoms with Gasteiger partial charge in [0.1, 0.15) is 0 Å². The van der Waals surface area contributed by atoms with Gasteiger partial charge in [-0.3, -0.25) is 0 Å². The van der Waals surface area contributed by atoms with Crippen LogP contribution in [0.1, 0.15) is 0 Å². The summed E-state index contributed by atoms with van der Waals surface area (Å²) in [5.41, 5.74) is 0. The van der Waals surface area contributed by atoms with Gasteiger partial charge in [-0.05, 0) is 0 Å². The maximum Gasteiger partial charge on any atom is 0.0480 e. The topological polar surface area (TPSA) is 43.6 Å². The van der Waals surface area contributed by atoms with Gasteiger partial charge in [-0.15, -0.1) is 0 Å². The molecule has 4 nitrogen and oxygen atoms in total. The molecule has 0 N–H and O–H groups in total. The monoisotopic (exact) mass is 172 g/mol. The van der Waals surface area contributed by atoms with Crippen LogP contribution in [0.25, 0.3) is 0 Å². The Bertz CT molecular complexity index is 113. The van der Waals surface area contributed by atoms with Crippen LogP contribution in [-0.2, 0) is 39.8 Å². The number of nitrogens with zero attached hydrogens (tertiary/aromatic N) is 4. The fraction of sp³-hybridized carbons (Fsp3) is 0.500. The van der Waals surface area contributed by atoms with Gasteiger partial charge in [0.2, 0.25) is 0 Å². The minimum absolute atomic E-state index is 0. The third-order valence-corrected chi connectivity index (χ3v) is 0.408. The second-order valence-electron chi connectivity index (χ2n) is 0.879.